The van der Waals surface area contributed by atoms with Crippen molar-refractivity contribution in [3.05, 3.63) is 34.9 Å². The average Bonchev–Trinajstić information content (AvgIpc) is 3.25. The van der Waals surface area contributed by atoms with E-state index in [0.29, 0.717) is 13.0 Å². The van der Waals surface area contributed by atoms with E-state index in [1.807, 2.05) is 0 Å². The summed E-state index contributed by atoms with van der Waals surface area (Å²) in [6, 6.07) is 8.47. The Morgan fingerprint density at radius 3 is 2.91 bits per heavy atom. The number of nitrogens with zero attached hydrogens (tertiary/aromatic N) is 2. The first-order valence-corrected chi connectivity index (χ1v) is 8.31. The number of nitriles is 1. The highest BCUT2D eigenvalue weighted by molar-refractivity contribution is 6.06. The zero-order valence-corrected chi connectivity index (χ0v) is 13.2. The molecule has 5 nitrogen and oxygen atoms in total. The second-order valence-electron chi connectivity index (χ2n) is 6.55. The molecule has 1 N–H and O–H groups in total. The molecule has 120 valence electrons. The van der Waals surface area contributed by atoms with Crippen LogP contribution >= 0.6 is 0 Å². The maximum atomic E-state index is 9.45. The highest BCUT2D eigenvalue weighted by Gasteiger charge is 2.51. The molecule has 3 aliphatic heterocycles. The molecular weight excluding hydrogens is 290 g/mol. The van der Waals surface area contributed by atoms with Gasteiger partial charge >= 0.3 is 0 Å². The Balaban J connectivity index is 1.46. The van der Waals surface area contributed by atoms with Gasteiger partial charge in [-0.05, 0) is 23.1 Å². The topological polar surface area (TPSA) is 76.5 Å². The summed E-state index contributed by atoms with van der Waals surface area (Å²) in [5.41, 5.74) is 3.80. The van der Waals surface area contributed by atoms with Crippen LogP contribution in [0.15, 0.2) is 23.2 Å². The molecule has 1 spiro atoms. The highest BCUT2D eigenvalue weighted by atomic mass is 16.5. The summed E-state index contributed by atoms with van der Waals surface area (Å²) in [7, 11) is 0. The molecule has 1 atom stereocenters. The molecule has 2 saturated heterocycles. The van der Waals surface area contributed by atoms with Crippen molar-refractivity contribution in [3.8, 4) is 6.07 Å². The third kappa shape index (κ3) is 2.97. The van der Waals surface area contributed by atoms with Crippen molar-refractivity contribution in [2.75, 3.05) is 19.8 Å². The molecule has 1 aromatic carbocycles. The lowest BCUT2D eigenvalue weighted by atomic mass is 9.97. The summed E-state index contributed by atoms with van der Waals surface area (Å²) >= 11 is 0. The SMILES string of the molecule is N#CC(Cc1ccc2c(c1)COCC2)N=C1NC12CCOCC2. The van der Waals surface area contributed by atoms with Crippen LogP contribution in [-0.2, 0) is 28.9 Å². The Kier molecular flexibility index (Phi) is 3.80. The van der Waals surface area contributed by atoms with Crippen molar-refractivity contribution >= 4 is 5.84 Å². The van der Waals surface area contributed by atoms with Gasteiger partial charge in [-0.25, -0.2) is 0 Å². The van der Waals surface area contributed by atoms with E-state index in [1.54, 1.807) is 0 Å². The lowest BCUT2D eigenvalue weighted by Crippen LogP contribution is -2.27. The van der Waals surface area contributed by atoms with Crippen molar-refractivity contribution in [3.63, 3.8) is 0 Å². The van der Waals surface area contributed by atoms with Gasteiger partial charge in [-0.15, -0.1) is 0 Å². The molecule has 1 unspecified atom stereocenters. The minimum absolute atomic E-state index is 0.0248. The number of amidine groups is 1. The Morgan fingerprint density at radius 1 is 1.22 bits per heavy atom. The van der Waals surface area contributed by atoms with Crippen LogP contribution in [0.3, 0.4) is 0 Å². The van der Waals surface area contributed by atoms with Crippen LogP contribution < -0.4 is 5.32 Å². The summed E-state index contributed by atoms with van der Waals surface area (Å²) in [5, 5.41) is 12.8. The smallest absolute Gasteiger partial charge is 0.142 e. The maximum absolute atomic E-state index is 9.45. The maximum Gasteiger partial charge on any atom is 0.142 e. The van der Waals surface area contributed by atoms with Crippen LogP contribution in [0.2, 0.25) is 0 Å². The van der Waals surface area contributed by atoms with Gasteiger partial charge in [0.2, 0.25) is 0 Å². The van der Waals surface area contributed by atoms with E-state index in [0.717, 1.165) is 50.5 Å². The third-order valence-electron chi connectivity index (χ3n) is 5.00. The van der Waals surface area contributed by atoms with E-state index in [4.69, 9.17) is 9.47 Å². The number of nitrogens with one attached hydrogen (secondary N) is 1. The van der Waals surface area contributed by atoms with Crippen LogP contribution in [-0.4, -0.2) is 37.2 Å². The largest absolute Gasteiger partial charge is 0.381 e. The molecule has 0 aliphatic carbocycles. The van der Waals surface area contributed by atoms with E-state index in [1.165, 1.54) is 11.1 Å². The first-order chi connectivity index (χ1) is 11.3. The normalized spacial score (nSPS) is 24.6. The Hall–Kier alpha value is -1.90. The quantitative estimate of drug-likeness (QED) is 0.863. The first kappa shape index (κ1) is 14.7. The summed E-state index contributed by atoms with van der Waals surface area (Å²) in [5.74, 6) is 0.994. The molecule has 0 bridgehead atoms. The predicted molar refractivity (Wildman–Crippen MR) is 86.3 cm³/mol. The van der Waals surface area contributed by atoms with E-state index >= 15 is 0 Å². The zero-order chi connectivity index (χ0) is 15.7. The third-order valence-corrected chi connectivity index (χ3v) is 5.00. The van der Waals surface area contributed by atoms with Crippen molar-refractivity contribution in [1.29, 1.82) is 5.26 Å². The highest BCUT2D eigenvalue weighted by Crippen LogP contribution is 2.33. The molecule has 2 fully saturated rings. The molecule has 23 heavy (non-hydrogen) atoms. The van der Waals surface area contributed by atoms with Gasteiger partial charge in [0.05, 0.1) is 19.3 Å². The molecule has 1 aromatic rings. The average molecular weight is 311 g/mol. The van der Waals surface area contributed by atoms with Crippen LogP contribution in [0.4, 0.5) is 0 Å². The molecule has 5 heteroatoms. The molecule has 0 aromatic heterocycles. The molecule has 3 heterocycles. The van der Waals surface area contributed by atoms with Crippen molar-refractivity contribution < 1.29 is 9.47 Å². The number of hydrogen-bond acceptors (Lipinski definition) is 4. The van der Waals surface area contributed by atoms with E-state index in [9.17, 15) is 5.26 Å². The molecule has 0 radical (unpaired) electrons. The van der Waals surface area contributed by atoms with Crippen molar-refractivity contribution in [2.24, 2.45) is 4.99 Å². The monoisotopic (exact) mass is 311 g/mol. The number of rotatable bonds is 3. The van der Waals surface area contributed by atoms with Gasteiger partial charge < -0.3 is 14.8 Å². The number of aliphatic imine (C=N–C) groups is 1. The fourth-order valence-electron chi connectivity index (χ4n) is 3.48. The van der Waals surface area contributed by atoms with Gasteiger partial charge in [-0.3, -0.25) is 4.99 Å². The minimum Gasteiger partial charge on any atom is -0.381 e. The van der Waals surface area contributed by atoms with Gasteiger partial charge in [-0.2, -0.15) is 5.26 Å². The summed E-state index contributed by atoms with van der Waals surface area (Å²) in [6.45, 7) is 3.03. The van der Waals surface area contributed by atoms with Gasteiger partial charge in [0, 0.05) is 32.5 Å². The standard InChI is InChI=1S/C18H21N3O2/c19-11-16(20-17-18(21-17)4-7-22-8-5-18)10-13-1-2-14-3-6-23-12-15(14)9-13/h1-2,9,16H,3-8,10,12H2,(H,20,21). The molecule has 0 amide bonds. The van der Waals surface area contributed by atoms with Crippen molar-refractivity contribution in [2.45, 2.75) is 43.9 Å². The molecule has 3 aliphatic rings. The second-order valence-corrected chi connectivity index (χ2v) is 6.55. The zero-order valence-electron chi connectivity index (χ0n) is 13.2. The van der Waals surface area contributed by atoms with Gasteiger partial charge in [0.15, 0.2) is 0 Å². The summed E-state index contributed by atoms with van der Waals surface area (Å²) in [4.78, 5) is 4.65. The molecule has 4 rings (SSSR count). The van der Waals surface area contributed by atoms with Gasteiger partial charge in [0.25, 0.3) is 0 Å². The van der Waals surface area contributed by atoms with Crippen molar-refractivity contribution in [1.82, 2.24) is 5.32 Å². The van der Waals surface area contributed by atoms with E-state index in [-0.39, 0.29) is 11.6 Å². The van der Waals surface area contributed by atoms with Crippen LogP contribution in [0, 0.1) is 11.3 Å². The molecular formula is C18H21N3O2. The first-order valence-electron chi connectivity index (χ1n) is 8.31. The van der Waals surface area contributed by atoms with E-state index < -0.39 is 0 Å². The summed E-state index contributed by atoms with van der Waals surface area (Å²) in [6.07, 6.45) is 3.55. The Bertz CT molecular complexity index is 671. The Labute approximate surface area is 136 Å². The number of fused-ring (bicyclic) bond motifs is 1. The van der Waals surface area contributed by atoms with Gasteiger partial charge in [0.1, 0.15) is 17.4 Å². The Morgan fingerprint density at radius 2 is 2.09 bits per heavy atom. The number of benzene rings is 1. The number of ether oxygens (including phenoxy) is 2. The minimum atomic E-state index is -0.331. The number of hydrogen-bond donors (Lipinski definition) is 1. The lowest BCUT2D eigenvalue weighted by Gasteiger charge is -2.18. The fraction of sp³-hybridized carbons (Fsp3) is 0.556. The second kappa shape index (κ2) is 5.95. The van der Waals surface area contributed by atoms with Gasteiger partial charge in [-0.1, -0.05) is 18.2 Å². The lowest BCUT2D eigenvalue weighted by molar-refractivity contribution is 0.0821. The molecule has 0 saturated carbocycles. The van der Waals surface area contributed by atoms with Crippen LogP contribution in [0.25, 0.3) is 0 Å². The fourth-order valence-corrected chi connectivity index (χ4v) is 3.48. The summed E-state index contributed by atoms with van der Waals surface area (Å²) < 4.78 is 10.9. The van der Waals surface area contributed by atoms with E-state index in [2.05, 4.69) is 34.6 Å². The van der Waals surface area contributed by atoms with Crippen LogP contribution in [0.5, 0.6) is 0 Å². The van der Waals surface area contributed by atoms with Crippen LogP contribution in [0.1, 0.15) is 29.5 Å². The predicted octanol–water partition coefficient (Wildman–Crippen LogP) is 1.74.